The van der Waals surface area contributed by atoms with E-state index in [4.69, 9.17) is 4.74 Å². The Morgan fingerprint density at radius 2 is 1.82 bits per heavy atom. The lowest BCUT2D eigenvalue weighted by molar-refractivity contribution is -0.133. The topological polar surface area (TPSA) is 72.5 Å². The first-order valence-corrected chi connectivity index (χ1v) is 8.38. The molecule has 2 rings (SSSR count). The lowest BCUT2D eigenvalue weighted by Crippen LogP contribution is -2.32. The Morgan fingerprint density at radius 3 is 2.50 bits per heavy atom. The van der Waals surface area contributed by atoms with Gasteiger partial charge in [0, 0.05) is 0 Å². The maximum absolute atomic E-state index is 11.9. The van der Waals surface area contributed by atoms with Gasteiger partial charge in [-0.3, -0.25) is 4.79 Å². The van der Waals surface area contributed by atoms with Crippen LogP contribution in [0.5, 0.6) is 5.75 Å². The van der Waals surface area contributed by atoms with Crippen molar-refractivity contribution in [2.45, 2.75) is 12.7 Å². The molecule has 0 saturated heterocycles. The molecule has 0 saturated carbocycles. The summed E-state index contributed by atoms with van der Waals surface area (Å²) >= 11 is 0. The Morgan fingerprint density at radius 1 is 1.09 bits per heavy atom. The Labute approximate surface area is 130 Å². The number of rotatable bonds is 6. The fraction of sp³-hybridized carbons (Fsp3) is 0.188. The van der Waals surface area contributed by atoms with Gasteiger partial charge < -0.3 is 4.74 Å². The van der Waals surface area contributed by atoms with Gasteiger partial charge in [-0.2, -0.15) is 0 Å². The lowest BCUT2D eigenvalue weighted by Gasteiger charge is -2.07. The number of carbonyl (C=O) groups is 1. The SMILES string of the molecule is Cc1cccc(OC(=O)CNS(=O)(=O)Cc2ccccc2)c1. The summed E-state index contributed by atoms with van der Waals surface area (Å²) < 4.78 is 31.1. The third-order valence-corrected chi connectivity index (χ3v) is 4.15. The van der Waals surface area contributed by atoms with Gasteiger partial charge in [0.05, 0.1) is 5.75 Å². The van der Waals surface area contributed by atoms with Crippen molar-refractivity contribution in [1.29, 1.82) is 0 Å². The van der Waals surface area contributed by atoms with E-state index in [9.17, 15) is 13.2 Å². The van der Waals surface area contributed by atoms with Gasteiger partial charge in [0.1, 0.15) is 12.3 Å². The second-order valence-electron chi connectivity index (χ2n) is 4.86. The summed E-state index contributed by atoms with van der Waals surface area (Å²) in [7, 11) is -3.58. The van der Waals surface area contributed by atoms with Crippen molar-refractivity contribution in [2.75, 3.05) is 6.54 Å². The van der Waals surface area contributed by atoms with Crippen molar-refractivity contribution in [3.63, 3.8) is 0 Å². The average Bonchev–Trinajstić information content (AvgIpc) is 2.46. The van der Waals surface area contributed by atoms with E-state index < -0.39 is 22.5 Å². The van der Waals surface area contributed by atoms with Gasteiger partial charge in [-0.1, -0.05) is 42.5 Å². The summed E-state index contributed by atoms with van der Waals surface area (Å²) in [6.07, 6.45) is 0. The van der Waals surface area contributed by atoms with E-state index in [2.05, 4.69) is 4.72 Å². The Bertz CT molecular complexity index is 742. The molecule has 6 heteroatoms. The lowest BCUT2D eigenvalue weighted by atomic mass is 10.2. The molecule has 1 N–H and O–H groups in total. The van der Waals surface area contributed by atoms with Crippen LogP contribution >= 0.6 is 0 Å². The second kappa shape index (κ2) is 7.20. The van der Waals surface area contributed by atoms with E-state index in [0.29, 0.717) is 11.3 Å². The number of esters is 1. The van der Waals surface area contributed by atoms with Crippen LogP contribution in [0.15, 0.2) is 54.6 Å². The van der Waals surface area contributed by atoms with Crippen LogP contribution in [0.2, 0.25) is 0 Å². The summed E-state index contributed by atoms with van der Waals surface area (Å²) in [6, 6.07) is 15.7. The Balaban J connectivity index is 1.87. The third kappa shape index (κ3) is 5.31. The molecule has 5 nitrogen and oxygen atoms in total. The Kier molecular flexibility index (Phi) is 5.30. The summed E-state index contributed by atoms with van der Waals surface area (Å²) in [5.74, 6) is -0.430. The van der Waals surface area contributed by atoms with Gasteiger partial charge in [-0.15, -0.1) is 0 Å². The highest BCUT2D eigenvalue weighted by Crippen LogP contribution is 2.12. The molecule has 0 aliphatic heterocycles. The molecule has 2 aromatic rings. The standard InChI is InChI=1S/C16H17NO4S/c1-13-6-5-9-15(10-13)21-16(18)11-17-22(19,20)12-14-7-3-2-4-8-14/h2-10,17H,11-12H2,1H3. The van der Waals surface area contributed by atoms with Gasteiger partial charge in [-0.05, 0) is 30.2 Å². The van der Waals surface area contributed by atoms with Crippen molar-refractivity contribution >= 4 is 16.0 Å². The largest absolute Gasteiger partial charge is 0.426 e. The van der Waals surface area contributed by atoms with E-state index in [1.54, 1.807) is 42.5 Å². The molecule has 0 bridgehead atoms. The van der Waals surface area contributed by atoms with Crippen molar-refractivity contribution in [2.24, 2.45) is 0 Å². The predicted molar refractivity (Wildman–Crippen MR) is 83.9 cm³/mol. The molecule has 0 amide bonds. The minimum Gasteiger partial charge on any atom is -0.426 e. The molecule has 0 atom stereocenters. The van der Waals surface area contributed by atoms with Crippen LogP contribution in [0.1, 0.15) is 11.1 Å². The molecular formula is C16H17NO4S. The smallest absolute Gasteiger partial charge is 0.326 e. The monoisotopic (exact) mass is 319 g/mol. The zero-order valence-corrected chi connectivity index (χ0v) is 13.0. The number of nitrogens with one attached hydrogen (secondary N) is 1. The van der Waals surface area contributed by atoms with E-state index >= 15 is 0 Å². The van der Waals surface area contributed by atoms with Crippen molar-refractivity contribution < 1.29 is 17.9 Å². The molecule has 0 radical (unpaired) electrons. The molecular weight excluding hydrogens is 302 g/mol. The fourth-order valence-electron chi connectivity index (χ4n) is 1.86. The van der Waals surface area contributed by atoms with Crippen LogP contribution in [0.25, 0.3) is 0 Å². The molecule has 2 aromatic carbocycles. The summed E-state index contributed by atoms with van der Waals surface area (Å²) in [5, 5.41) is 0. The first-order chi connectivity index (χ1) is 10.4. The maximum Gasteiger partial charge on any atom is 0.326 e. The Hall–Kier alpha value is -2.18. The van der Waals surface area contributed by atoms with Crippen LogP contribution in [0.4, 0.5) is 0 Å². The zero-order valence-electron chi connectivity index (χ0n) is 12.2. The van der Waals surface area contributed by atoms with E-state index in [1.807, 2.05) is 19.1 Å². The molecule has 0 fully saturated rings. The fourth-order valence-corrected chi connectivity index (χ4v) is 2.93. The summed E-state index contributed by atoms with van der Waals surface area (Å²) in [5.41, 5.74) is 1.61. The predicted octanol–water partition coefficient (Wildman–Crippen LogP) is 2.02. The minimum atomic E-state index is -3.58. The molecule has 0 aliphatic carbocycles. The first kappa shape index (κ1) is 16.2. The molecule has 0 unspecified atom stereocenters. The van der Waals surface area contributed by atoms with E-state index in [-0.39, 0.29) is 5.75 Å². The quantitative estimate of drug-likeness (QED) is 0.653. The maximum atomic E-state index is 11.9. The number of hydrogen-bond acceptors (Lipinski definition) is 4. The summed E-state index contributed by atoms with van der Waals surface area (Å²) in [4.78, 5) is 11.7. The van der Waals surface area contributed by atoms with Crippen LogP contribution in [0.3, 0.4) is 0 Å². The van der Waals surface area contributed by atoms with Crippen molar-refractivity contribution in [3.8, 4) is 5.75 Å². The molecule has 0 aromatic heterocycles. The third-order valence-electron chi connectivity index (χ3n) is 2.86. The van der Waals surface area contributed by atoms with Gasteiger partial charge >= 0.3 is 5.97 Å². The van der Waals surface area contributed by atoms with Crippen molar-refractivity contribution in [1.82, 2.24) is 4.72 Å². The van der Waals surface area contributed by atoms with E-state index in [1.165, 1.54) is 0 Å². The first-order valence-electron chi connectivity index (χ1n) is 6.73. The van der Waals surface area contributed by atoms with Crippen LogP contribution in [0, 0.1) is 6.92 Å². The van der Waals surface area contributed by atoms with Gasteiger partial charge in [0.25, 0.3) is 0 Å². The summed E-state index contributed by atoms with van der Waals surface area (Å²) in [6.45, 7) is 1.48. The second-order valence-corrected chi connectivity index (χ2v) is 6.66. The van der Waals surface area contributed by atoms with E-state index in [0.717, 1.165) is 5.56 Å². The van der Waals surface area contributed by atoms with Crippen molar-refractivity contribution in [3.05, 3.63) is 65.7 Å². The molecule has 0 aliphatic rings. The zero-order chi connectivity index (χ0) is 16.0. The highest BCUT2D eigenvalue weighted by atomic mass is 32.2. The number of aryl methyl sites for hydroxylation is 1. The van der Waals surface area contributed by atoms with Gasteiger partial charge in [0.2, 0.25) is 10.0 Å². The normalized spacial score (nSPS) is 11.1. The average molecular weight is 319 g/mol. The molecule has 116 valence electrons. The van der Waals surface area contributed by atoms with Crippen LogP contribution < -0.4 is 9.46 Å². The highest BCUT2D eigenvalue weighted by Gasteiger charge is 2.14. The molecule has 0 spiro atoms. The van der Waals surface area contributed by atoms with Crippen LogP contribution in [-0.2, 0) is 20.6 Å². The van der Waals surface area contributed by atoms with Gasteiger partial charge in [-0.25, -0.2) is 13.1 Å². The number of ether oxygens (including phenoxy) is 1. The molecule has 0 heterocycles. The number of hydrogen-bond donors (Lipinski definition) is 1. The number of sulfonamides is 1. The highest BCUT2D eigenvalue weighted by molar-refractivity contribution is 7.88. The van der Waals surface area contributed by atoms with Crippen LogP contribution in [-0.4, -0.2) is 20.9 Å². The number of carbonyl (C=O) groups excluding carboxylic acids is 1. The van der Waals surface area contributed by atoms with Gasteiger partial charge in [0.15, 0.2) is 0 Å². The number of benzene rings is 2. The minimum absolute atomic E-state index is 0.175. The molecule has 22 heavy (non-hydrogen) atoms.